The molecule has 26 heavy (non-hydrogen) atoms. The Bertz CT molecular complexity index is 970. The Morgan fingerprint density at radius 2 is 2.15 bits per heavy atom. The highest BCUT2D eigenvalue weighted by atomic mass is 32.2. The molecular weight excluding hydrogens is 350 g/mol. The Morgan fingerprint density at radius 3 is 2.88 bits per heavy atom. The van der Waals surface area contributed by atoms with Crippen molar-refractivity contribution in [2.24, 2.45) is 0 Å². The third kappa shape index (κ3) is 3.29. The second-order valence-corrected chi connectivity index (χ2v) is 7.50. The van der Waals surface area contributed by atoms with E-state index in [2.05, 4.69) is 5.16 Å². The SMILES string of the molecule is Cc1noc(C)c1CSc1nc2ccccc2c(=O)n1C[C@@H]1CCCO1. The molecule has 0 N–H and O–H groups in total. The lowest BCUT2D eigenvalue weighted by Gasteiger charge is -2.16. The van der Waals surface area contributed by atoms with Gasteiger partial charge in [-0.25, -0.2) is 4.98 Å². The fraction of sp³-hybridized carbons (Fsp3) is 0.421. The van der Waals surface area contributed by atoms with E-state index < -0.39 is 0 Å². The number of rotatable bonds is 5. The number of hydrogen-bond acceptors (Lipinski definition) is 6. The van der Waals surface area contributed by atoms with Crippen LogP contribution in [0.4, 0.5) is 0 Å². The number of benzene rings is 1. The summed E-state index contributed by atoms with van der Waals surface area (Å²) in [7, 11) is 0. The number of fused-ring (bicyclic) bond motifs is 1. The van der Waals surface area contributed by atoms with Gasteiger partial charge < -0.3 is 9.26 Å². The van der Waals surface area contributed by atoms with Crippen molar-refractivity contribution in [3.8, 4) is 0 Å². The normalized spacial score (nSPS) is 17.2. The first-order chi connectivity index (χ1) is 12.6. The molecule has 4 rings (SSSR count). The molecular formula is C19H21N3O3S. The van der Waals surface area contributed by atoms with Crippen LogP contribution in [0.3, 0.4) is 0 Å². The highest BCUT2D eigenvalue weighted by Gasteiger charge is 2.21. The van der Waals surface area contributed by atoms with Crippen molar-refractivity contribution in [3.63, 3.8) is 0 Å². The van der Waals surface area contributed by atoms with E-state index in [9.17, 15) is 4.79 Å². The molecule has 136 valence electrons. The first-order valence-electron chi connectivity index (χ1n) is 8.79. The maximum absolute atomic E-state index is 13.1. The molecule has 1 fully saturated rings. The Hall–Kier alpha value is -2.12. The summed E-state index contributed by atoms with van der Waals surface area (Å²) < 4.78 is 12.8. The molecule has 7 heteroatoms. The monoisotopic (exact) mass is 371 g/mol. The summed E-state index contributed by atoms with van der Waals surface area (Å²) in [6, 6.07) is 7.49. The summed E-state index contributed by atoms with van der Waals surface area (Å²) in [5.74, 6) is 1.47. The maximum atomic E-state index is 13.1. The van der Waals surface area contributed by atoms with E-state index in [1.807, 2.05) is 38.1 Å². The summed E-state index contributed by atoms with van der Waals surface area (Å²) in [6.07, 6.45) is 2.10. The molecule has 3 aromatic rings. The molecule has 1 saturated heterocycles. The van der Waals surface area contributed by atoms with Crippen molar-refractivity contribution in [2.45, 2.75) is 50.2 Å². The molecule has 1 aromatic carbocycles. The third-order valence-corrected chi connectivity index (χ3v) is 5.77. The van der Waals surface area contributed by atoms with Crippen LogP contribution in [0.25, 0.3) is 10.9 Å². The lowest BCUT2D eigenvalue weighted by molar-refractivity contribution is 0.0937. The van der Waals surface area contributed by atoms with Crippen LogP contribution >= 0.6 is 11.8 Å². The van der Waals surface area contributed by atoms with Crippen LogP contribution in [-0.4, -0.2) is 27.4 Å². The average Bonchev–Trinajstić information content (AvgIpc) is 3.26. The minimum Gasteiger partial charge on any atom is -0.376 e. The smallest absolute Gasteiger partial charge is 0.262 e. The van der Waals surface area contributed by atoms with Crippen LogP contribution in [0, 0.1) is 13.8 Å². The number of para-hydroxylation sites is 1. The van der Waals surface area contributed by atoms with E-state index in [0.717, 1.165) is 42.0 Å². The van der Waals surface area contributed by atoms with Crippen molar-refractivity contribution in [1.29, 1.82) is 0 Å². The summed E-state index contributed by atoms with van der Waals surface area (Å²) in [4.78, 5) is 17.8. The zero-order chi connectivity index (χ0) is 18.1. The number of nitrogens with zero attached hydrogens (tertiary/aromatic N) is 3. The second kappa shape index (κ2) is 7.25. The largest absolute Gasteiger partial charge is 0.376 e. The van der Waals surface area contributed by atoms with Gasteiger partial charge in [-0.05, 0) is 38.8 Å². The standard InChI is InChI=1S/C19H21N3O3S/c1-12-16(13(2)25-21-12)11-26-19-20-17-8-4-3-7-15(17)18(23)22(19)10-14-6-5-9-24-14/h3-4,7-8,14H,5-6,9-11H2,1-2H3/t14-/m0/s1. The zero-order valence-electron chi connectivity index (χ0n) is 14.9. The lowest BCUT2D eigenvalue weighted by atomic mass is 10.2. The fourth-order valence-electron chi connectivity index (χ4n) is 3.26. The van der Waals surface area contributed by atoms with E-state index in [1.165, 1.54) is 0 Å². The Labute approximate surface area is 155 Å². The number of hydrogen-bond donors (Lipinski definition) is 0. The summed E-state index contributed by atoms with van der Waals surface area (Å²) >= 11 is 1.54. The van der Waals surface area contributed by atoms with Gasteiger partial charge in [0.2, 0.25) is 0 Å². The Kier molecular flexibility index (Phi) is 4.82. The molecule has 0 amide bonds. The van der Waals surface area contributed by atoms with Gasteiger partial charge in [0.15, 0.2) is 5.16 Å². The highest BCUT2D eigenvalue weighted by molar-refractivity contribution is 7.98. The van der Waals surface area contributed by atoms with Crippen LogP contribution in [0.15, 0.2) is 38.7 Å². The highest BCUT2D eigenvalue weighted by Crippen LogP contribution is 2.26. The molecule has 1 aliphatic heterocycles. The number of aromatic nitrogens is 3. The molecule has 0 radical (unpaired) electrons. The molecule has 0 unspecified atom stereocenters. The van der Waals surface area contributed by atoms with E-state index in [-0.39, 0.29) is 11.7 Å². The van der Waals surface area contributed by atoms with Gasteiger partial charge in [-0.15, -0.1) is 0 Å². The first kappa shape index (κ1) is 17.3. The van der Waals surface area contributed by atoms with Crippen LogP contribution in [0.5, 0.6) is 0 Å². The lowest BCUT2D eigenvalue weighted by Crippen LogP contribution is -2.28. The molecule has 3 heterocycles. The number of aryl methyl sites for hydroxylation is 2. The van der Waals surface area contributed by atoms with Gasteiger partial charge >= 0.3 is 0 Å². The van der Waals surface area contributed by atoms with E-state index in [1.54, 1.807) is 16.3 Å². The van der Waals surface area contributed by atoms with Crippen molar-refractivity contribution in [2.75, 3.05) is 6.61 Å². The Morgan fingerprint density at radius 1 is 1.31 bits per heavy atom. The molecule has 0 bridgehead atoms. The summed E-state index contributed by atoms with van der Waals surface area (Å²) in [5, 5.41) is 5.36. The Balaban J connectivity index is 1.72. The van der Waals surface area contributed by atoms with Crippen molar-refractivity contribution < 1.29 is 9.26 Å². The summed E-state index contributed by atoms with van der Waals surface area (Å²) in [5.41, 5.74) is 2.65. The fourth-order valence-corrected chi connectivity index (χ4v) is 4.42. The van der Waals surface area contributed by atoms with Crippen LogP contribution in [0.1, 0.15) is 29.9 Å². The third-order valence-electron chi connectivity index (χ3n) is 4.76. The molecule has 1 aliphatic rings. The van der Waals surface area contributed by atoms with E-state index >= 15 is 0 Å². The topological polar surface area (TPSA) is 70.2 Å². The van der Waals surface area contributed by atoms with Gasteiger partial charge in [0.1, 0.15) is 5.76 Å². The average molecular weight is 371 g/mol. The van der Waals surface area contributed by atoms with E-state index in [0.29, 0.717) is 22.8 Å². The van der Waals surface area contributed by atoms with Crippen molar-refractivity contribution in [3.05, 3.63) is 51.6 Å². The van der Waals surface area contributed by atoms with Gasteiger partial charge in [-0.2, -0.15) is 0 Å². The van der Waals surface area contributed by atoms with Gasteiger partial charge in [-0.3, -0.25) is 9.36 Å². The first-order valence-corrected chi connectivity index (χ1v) is 9.78. The zero-order valence-corrected chi connectivity index (χ0v) is 15.7. The van der Waals surface area contributed by atoms with Crippen LogP contribution in [0.2, 0.25) is 0 Å². The van der Waals surface area contributed by atoms with Crippen LogP contribution in [-0.2, 0) is 17.0 Å². The predicted molar refractivity (Wildman–Crippen MR) is 101 cm³/mol. The van der Waals surface area contributed by atoms with Crippen molar-refractivity contribution in [1.82, 2.24) is 14.7 Å². The minimum atomic E-state index is -0.00707. The molecule has 0 spiro atoms. The van der Waals surface area contributed by atoms with E-state index in [4.69, 9.17) is 14.2 Å². The minimum absolute atomic E-state index is 0.00707. The van der Waals surface area contributed by atoms with Gasteiger partial charge in [0.25, 0.3) is 5.56 Å². The molecule has 6 nitrogen and oxygen atoms in total. The number of thioether (sulfide) groups is 1. The molecule has 2 aromatic heterocycles. The molecule has 0 aliphatic carbocycles. The second-order valence-electron chi connectivity index (χ2n) is 6.55. The van der Waals surface area contributed by atoms with Crippen molar-refractivity contribution >= 4 is 22.7 Å². The number of ether oxygens (including phenoxy) is 1. The quantitative estimate of drug-likeness (QED) is 0.505. The van der Waals surface area contributed by atoms with Crippen LogP contribution < -0.4 is 5.56 Å². The van der Waals surface area contributed by atoms with Gasteiger partial charge in [0, 0.05) is 17.9 Å². The van der Waals surface area contributed by atoms with Gasteiger partial charge in [0.05, 0.1) is 29.2 Å². The maximum Gasteiger partial charge on any atom is 0.262 e. The van der Waals surface area contributed by atoms with Gasteiger partial charge in [-0.1, -0.05) is 29.1 Å². The summed E-state index contributed by atoms with van der Waals surface area (Å²) in [6.45, 7) is 5.14. The predicted octanol–water partition coefficient (Wildman–Crippen LogP) is 3.47. The molecule has 1 atom stereocenters. The molecule has 0 saturated carbocycles.